The van der Waals surface area contributed by atoms with Gasteiger partial charge in [0.2, 0.25) is 5.91 Å². The van der Waals surface area contributed by atoms with Crippen molar-refractivity contribution >= 4 is 38.9 Å². The largest absolute Gasteiger partial charge is 0.453 e. The van der Waals surface area contributed by atoms with Gasteiger partial charge < -0.3 is 10.1 Å². The highest BCUT2D eigenvalue weighted by Gasteiger charge is 2.24. The van der Waals surface area contributed by atoms with Crippen molar-refractivity contribution in [3.8, 4) is 11.5 Å². The third-order valence-corrected chi connectivity index (χ3v) is 7.43. The van der Waals surface area contributed by atoms with Gasteiger partial charge in [-0.1, -0.05) is 17.7 Å². The Morgan fingerprint density at radius 1 is 1.30 bits per heavy atom. The second-order valence-corrected chi connectivity index (χ2v) is 10.1. The Morgan fingerprint density at radius 3 is 2.73 bits per heavy atom. The molecule has 2 heterocycles. The van der Waals surface area contributed by atoms with E-state index >= 15 is 0 Å². The van der Waals surface area contributed by atoms with Gasteiger partial charge in [0.25, 0.3) is 10.0 Å². The molecule has 0 fully saturated rings. The minimum absolute atomic E-state index is 0.0264. The van der Waals surface area contributed by atoms with E-state index < -0.39 is 21.7 Å². The lowest BCUT2D eigenvalue weighted by molar-refractivity contribution is -0.121. The van der Waals surface area contributed by atoms with Gasteiger partial charge >= 0.3 is 0 Å². The standard InChI is InChI=1S/C19H17ClFN3O4S2/c1-24(30(26,27)19-7-6-17(20)29-19)12-18(25)23-10-13-4-5-16(15(21)9-13)28-14-3-2-8-22-11-14/h2-9,11H,10,12H2,1H3,(H,23,25). The molecule has 1 N–H and O–H groups in total. The highest BCUT2D eigenvalue weighted by atomic mass is 35.5. The number of benzene rings is 1. The number of halogens is 2. The summed E-state index contributed by atoms with van der Waals surface area (Å²) < 4.78 is 45.8. The van der Waals surface area contributed by atoms with Gasteiger partial charge in [-0.15, -0.1) is 11.3 Å². The summed E-state index contributed by atoms with van der Waals surface area (Å²) >= 11 is 6.69. The Morgan fingerprint density at radius 2 is 2.10 bits per heavy atom. The number of carbonyl (C=O) groups excluding carboxylic acids is 1. The fourth-order valence-electron chi connectivity index (χ4n) is 2.41. The summed E-state index contributed by atoms with van der Waals surface area (Å²) in [5.41, 5.74) is 0.495. The van der Waals surface area contributed by atoms with Crippen molar-refractivity contribution in [3.05, 3.63) is 70.6 Å². The molecule has 0 saturated carbocycles. The zero-order chi connectivity index (χ0) is 21.7. The van der Waals surface area contributed by atoms with E-state index in [0.717, 1.165) is 15.6 Å². The van der Waals surface area contributed by atoms with Crippen molar-refractivity contribution in [1.29, 1.82) is 0 Å². The van der Waals surface area contributed by atoms with Crippen LogP contribution in [-0.2, 0) is 21.4 Å². The lowest BCUT2D eigenvalue weighted by Gasteiger charge is -2.16. The maximum Gasteiger partial charge on any atom is 0.252 e. The van der Waals surface area contributed by atoms with E-state index in [-0.39, 0.29) is 23.0 Å². The van der Waals surface area contributed by atoms with Crippen molar-refractivity contribution in [2.45, 2.75) is 10.8 Å². The van der Waals surface area contributed by atoms with Crippen LogP contribution in [0.4, 0.5) is 4.39 Å². The molecular formula is C19H17ClFN3O4S2. The van der Waals surface area contributed by atoms with Crippen molar-refractivity contribution in [3.63, 3.8) is 0 Å². The molecule has 0 spiro atoms. The van der Waals surface area contributed by atoms with E-state index in [0.29, 0.717) is 15.6 Å². The Labute approximate surface area is 182 Å². The Hall–Kier alpha value is -2.53. The average molecular weight is 470 g/mol. The molecule has 0 atom stereocenters. The number of carbonyl (C=O) groups is 1. The van der Waals surface area contributed by atoms with Crippen LogP contribution in [0.2, 0.25) is 4.34 Å². The highest BCUT2D eigenvalue weighted by Crippen LogP contribution is 2.27. The molecular weight excluding hydrogens is 453 g/mol. The van der Waals surface area contributed by atoms with Crippen LogP contribution in [0.25, 0.3) is 0 Å². The molecule has 0 radical (unpaired) electrons. The molecule has 2 aromatic heterocycles. The number of amides is 1. The zero-order valence-corrected chi connectivity index (χ0v) is 18.1. The van der Waals surface area contributed by atoms with Crippen molar-refractivity contribution in [2.24, 2.45) is 0 Å². The molecule has 7 nitrogen and oxygen atoms in total. The second-order valence-electron chi connectivity index (χ2n) is 6.15. The molecule has 1 amide bonds. The number of hydrogen-bond acceptors (Lipinski definition) is 6. The second kappa shape index (κ2) is 9.52. The summed E-state index contributed by atoms with van der Waals surface area (Å²) in [6.45, 7) is -0.357. The normalized spacial score (nSPS) is 11.5. The van der Waals surface area contributed by atoms with Gasteiger partial charge in [-0.05, 0) is 42.0 Å². The maximum absolute atomic E-state index is 14.3. The fourth-order valence-corrected chi connectivity index (χ4v) is 5.23. The number of sulfonamides is 1. The quantitative estimate of drug-likeness (QED) is 0.543. The zero-order valence-electron chi connectivity index (χ0n) is 15.7. The number of rotatable bonds is 8. The van der Waals surface area contributed by atoms with Crippen LogP contribution in [0.15, 0.2) is 59.1 Å². The van der Waals surface area contributed by atoms with E-state index in [1.165, 1.54) is 37.5 Å². The molecule has 0 aliphatic heterocycles. The molecule has 1 aromatic carbocycles. The van der Waals surface area contributed by atoms with Crippen LogP contribution in [0.1, 0.15) is 5.56 Å². The summed E-state index contributed by atoms with van der Waals surface area (Å²) in [6, 6.07) is 10.5. The maximum atomic E-state index is 14.3. The molecule has 11 heteroatoms. The van der Waals surface area contributed by atoms with Crippen LogP contribution in [0.5, 0.6) is 11.5 Å². The highest BCUT2D eigenvalue weighted by molar-refractivity contribution is 7.91. The lowest BCUT2D eigenvalue weighted by atomic mass is 10.2. The molecule has 0 unspecified atom stereocenters. The third-order valence-electron chi connectivity index (χ3n) is 3.93. The first kappa shape index (κ1) is 22.2. The van der Waals surface area contributed by atoms with Crippen LogP contribution in [-0.4, -0.2) is 37.2 Å². The minimum Gasteiger partial charge on any atom is -0.453 e. The summed E-state index contributed by atoms with van der Waals surface area (Å²) in [6.07, 6.45) is 3.04. The van der Waals surface area contributed by atoms with Gasteiger partial charge in [-0.2, -0.15) is 4.31 Å². The number of pyridine rings is 1. The average Bonchev–Trinajstić information content (AvgIpc) is 3.16. The van der Waals surface area contributed by atoms with Crippen LogP contribution in [0.3, 0.4) is 0 Å². The number of hydrogen-bond donors (Lipinski definition) is 1. The molecule has 158 valence electrons. The van der Waals surface area contributed by atoms with Gasteiger partial charge in [0.15, 0.2) is 11.6 Å². The smallest absolute Gasteiger partial charge is 0.252 e. The minimum atomic E-state index is -3.81. The van der Waals surface area contributed by atoms with Crippen molar-refractivity contribution in [2.75, 3.05) is 13.6 Å². The first-order chi connectivity index (χ1) is 14.3. The molecule has 3 aromatic rings. The van der Waals surface area contributed by atoms with E-state index in [4.69, 9.17) is 16.3 Å². The lowest BCUT2D eigenvalue weighted by Crippen LogP contribution is -2.37. The first-order valence-corrected chi connectivity index (χ1v) is 11.2. The topological polar surface area (TPSA) is 88.6 Å². The van der Waals surface area contributed by atoms with Crippen LogP contribution < -0.4 is 10.1 Å². The number of ether oxygens (including phenoxy) is 1. The molecule has 0 aliphatic rings. The Bertz CT molecular complexity index is 1140. The number of aromatic nitrogens is 1. The molecule has 3 rings (SSSR count). The summed E-state index contributed by atoms with van der Waals surface area (Å²) in [4.78, 5) is 16.0. The Kier molecular flexibility index (Phi) is 7.03. The molecule has 0 aliphatic carbocycles. The summed E-state index contributed by atoms with van der Waals surface area (Å²) in [5, 5.41) is 2.57. The van der Waals surface area contributed by atoms with Crippen molar-refractivity contribution in [1.82, 2.24) is 14.6 Å². The van der Waals surface area contributed by atoms with Gasteiger partial charge in [-0.3, -0.25) is 9.78 Å². The number of nitrogens with zero attached hydrogens (tertiary/aromatic N) is 2. The number of nitrogens with one attached hydrogen (secondary N) is 1. The van der Waals surface area contributed by atoms with Gasteiger partial charge in [0.1, 0.15) is 9.96 Å². The monoisotopic (exact) mass is 469 g/mol. The first-order valence-electron chi connectivity index (χ1n) is 8.60. The van der Waals surface area contributed by atoms with Gasteiger partial charge in [-0.25, -0.2) is 12.8 Å². The summed E-state index contributed by atoms with van der Waals surface area (Å²) in [7, 11) is -2.51. The number of thiophene rings is 1. The Balaban J connectivity index is 1.56. The predicted octanol–water partition coefficient (Wildman–Crippen LogP) is 3.66. The third kappa shape index (κ3) is 5.54. The molecule has 0 bridgehead atoms. The molecule has 30 heavy (non-hydrogen) atoms. The van der Waals surface area contributed by atoms with Gasteiger partial charge in [0.05, 0.1) is 17.1 Å². The van der Waals surface area contributed by atoms with E-state index in [9.17, 15) is 17.6 Å². The van der Waals surface area contributed by atoms with E-state index in [1.54, 1.807) is 24.4 Å². The predicted molar refractivity (Wildman–Crippen MR) is 112 cm³/mol. The van der Waals surface area contributed by atoms with Crippen LogP contribution in [0, 0.1) is 5.82 Å². The SMILES string of the molecule is CN(CC(=O)NCc1ccc(Oc2cccnc2)c(F)c1)S(=O)(=O)c1ccc(Cl)s1. The van der Waals surface area contributed by atoms with Crippen LogP contribution >= 0.6 is 22.9 Å². The van der Waals surface area contributed by atoms with E-state index in [2.05, 4.69) is 10.3 Å². The van der Waals surface area contributed by atoms with Gasteiger partial charge in [0, 0.05) is 19.8 Å². The molecule has 0 saturated heterocycles. The van der Waals surface area contributed by atoms with E-state index in [1.807, 2.05) is 0 Å². The van der Waals surface area contributed by atoms with Crippen molar-refractivity contribution < 1.29 is 22.3 Å². The number of likely N-dealkylation sites (N-methyl/N-ethyl adjacent to an activating group) is 1. The summed E-state index contributed by atoms with van der Waals surface area (Å²) in [5.74, 6) is -0.702. The fraction of sp³-hybridized carbons (Fsp3) is 0.158.